The molecule has 1 aromatic heterocycles. The van der Waals surface area contributed by atoms with E-state index >= 15 is 0 Å². The number of fused-ring (bicyclic) bond motifs is 1. The van der Waals surface area contributed by atoms with E-state index in [1.807, 2.05) is 12.1 Å². The van der Waals surface area contributed by atoms with E-state index in [0.717, 1.165) is 10.2 Å². The molecule has 3 rings (SSSR count). The predicted octanol–water partition coefficient (Wildman–Crippen LogP) is 2.22. The molecule has 0 aliphatic carbocycles. The number of anilines is 1. The van der Waals surface area contributed by atoms with Gasteiger partial charge in [-0.05, 0) is 24.3 Å². The second-order valence-corrected chi connectivity index (χ2v) is 5.32. The molecular weight excluding hydrogens is 310 g/mol. The summed E-state index contributed by atoms with van der Waals surface area (Å²) in [6.07, 6.45) is 0.679. The van der Waals surface area contributed by atoms with Gasteiger partial charge in [0.15, 0.2) is 0 Å². The van der Waals surface area contributed by atoms with Gasteiger partial charge in [0.1, 0.15) is 5.76 Å². The van der Waals surface area contributed by atoms with Crippen LogP contribution in [0.25, 0.3) is 0 Å². The van der Waals surface area contributed by atoms with Crippen molar-refractivity contribution in [3.05, 3.63) is 45.8 Å². The molecule has 0 atom stereocenters. The molecule has 2 heterocycles. The van der Waals surface area contributed by atoms with Crippen LogP contribution in [0.1, 0.15) is 21.8 Å². The van der Waals surface area contributed by atoms with Gasteiger partial charge in [-0.2, -0.15) is 4.98 Å². The lowest BCUT2D eigenvalue weighted by atomic mass is 10.1. The smallest absolute Gasteiger partial charge is 0.292 e. The Morgan fingerprint density at radius 2 is 2.11 bits per heavy atom. The third kappa shape index (κ3) is 2.35. The minimum Gasteiger partial charge on any atom is -0.427 e. The second kappa shape index (κ2) is 4.70. The number of amides is 1. The van der Waals surface area contributed by atoms with Crippen molar-refractivity contribution in [1.82, 2.24) is 9.88 Å². The summed E-state index contributed by atoms with van der Waals surface area (Å²) in [5.41, 5.74) is 7.05. The standard InChI is InChI=1S/C13H12BrN3O2/c14-9-3-1-8(2-4-9)12(18)17-6-5-10-11(7-17)19-13(15)16-10/h1-4H,5-7H2,(H2,15,16). The zero-order chi connectivity index (χ0) is 13.4. The van der Waals surface area contributed by atoms with Gasteiger partial charge in [-0.1, -0.05) is 15.9 Å². The predicted molar refractivity (Wildman–Crippen MR) is 73.5 cm³/mol. The van der Waals surface area contributed by atoms with Gasteiger partial charge in [-0.15, -0.1) is 0 Å². The molecule has 0 fully saturated rings. The minimum atomic E-state index is -0.00637. The molecule has 98 valence electrons. The van der Waals surface area contributed by atoms with Crippen molar-refractivity contribution in [3.63, 3.8) is 0 Å². The highest BCUT2D eigenvalue weighted by Crippen LogP contribution is 2.22. The number of halogens is 1. The van der Waals surface area contributed by atoms with Crippen LogP contribution in [0.3, 0.4) is 0 Å². The molecule has 6 heteroatoms. The summed E-state index contributed by atoms with van der Waals surface area (Å²) in [4.78, 5) is 18.2. The van der Waals surface area contributed by atoms with Gasteiger partial charge < -0.3 is 15.1 Å². The van der Waals surface area contributed by atoms with Crippen molar-refractivity contribution in [2.45, 2.75) is 13.0 Å². The molecular formula is C13H12BrN3O2. The fourth-order valence-electron chi connectivity index (χ4n) is 2.16. The van der Waals surface area contributed by atoms with Crippen LogP contribution < -0.4 is 5.73 Å². The van der Waals surface area contributed by atoms with Crippen LogP contribution in [-0.2, 0) is 13.0 Å². The van der Waals surface area contributed by atoms with Crippen molar-refractivity contribution in [2.75, 3.05) is 12.3 Å². The minimum absolute atomic E-state index is 0.00637. The molecule has 2 aromatic rings. The number of hydrogen-bond donors (Lipinski definition) is 1. The normalized spacial score (nSPS) is 14.3. The molecule has 0 unspecified atom stereocenters. The van der Waals surface area contributed by atoms with Gasteiger partial charge in [-0.25, -0.2) is 0 Å². The summed E-state index contributed by atoms with van der Waals surface area (Å²) in [6.45, 7) is 1.06. The number of rotatable bonds is 1. The highest BCUT2D eigenvalue weighted by Gasteiger charge is 2.25. The number of carbonyl (C=O) groups excluding carboxylic acids is 1. The Morgan fingerprint density at radius 1 is 1.37 bits per heavy atom. The highest BCUT2D eigenvalue weighted by atomic mass is 79.9. The lowest BCUT2D eigenvalue weighted by molar-refractivity contribution is 0.0720. The van der Waals surface area contributed by atoms with Crippen molar-refractivity contribution >= 4 is 27.9 Å². The zero-order valence-electron chi connectivity index (χ0n) is 10.1. The first kappa shape index (κ1) is 12.2. The fourth-order valence-corrected chi connectivity index (χ4v) is 2.43. The third-order valence-electron chi connectivity index (χ3n) is 3.13. The molecule has 0 spiro atoms. The van der Waals surface area contributed by atoms with Gasteiger partial charge in [0.2, 0.25) is 0 Å². The third-order valence-corrected chi connectivity index (χ3v) is 3.65. The molecule has 1 amide bonds. The summed E-state index contributed by atoms with van der Waals surface area (Å²) >= 11 is 3.35. The maximum Gasteiger partial charge on any atom is 0.292 e. The Morgan fingerprint density at radius 3 is 2.84 bits per heavy atom. The quantitative estimate of drug-likeness (QED) is 0.874. The Bertz CT molecular complexity index is 621. The van der Waals surface area contributed by atoms with Gasteiger partial charge >= 0.3 is 0 Å². The topological polar surface area (TPSA) is 72.4 Å². The molecule has 1 aromatic carbocycles. The van der Waals surface area contributed by atoms with Gasteiger partial charge in [0.05, 0.1) is 12.2 Å². The van der Waals surface area contributed by atoms with Gasteiger partial charge in [0, 0.05) is 23.0 Å². The van der Waals surface area contributed by atoms with E-state index in [4.69, 9.17) is 10.2 Å². The molecule has 19 heavy (non-hydrogen) atoms. The monoisotopic (exact) mass is 321 g/mol. The van der Waals surface area contributed by atoms with Crippen molar-refractivity contribution < 1.29 is 9.21 Å². The van der Waals surface area contributed by atoms with Crippen LogP contribution in [0.2, 0.25) is 0 Å². The van der Waals surface area contributed by atoms with E-state index in [1.54, 1.807) is 17.0 Å². The maximum absolute atomic E-state index is 12.3. The largest absolute Gasteiger partial charge is 0.427 e. The Kier molecular flexibility index (Phi) is 3.02. The van der Waals surface area contributed by atoms with Crippen LogP contribution in [0.15, 0.2) is 33.2 Å². The summed E-state index contributed by atoms with van der Waals surface area (Å²) in [7, 11) is 0. The molecule has 0 bridgehead atoms. The molecule has 0 saturated carbocycles. The Hall–Kier alpha value is -1.82. The average Bonchev–Trinajstić information content (AvgIpc) is 2.77. The molecule has 0 saturated heterocycles. The van der Waals surface area contributed by atoms with E-state index in [2.05, 4.69) is 20.9 Å². The fraction of sp³-hybridized carbons (Fsp3) is 0.231. The van der Waals surface area contributed by atoms with E-state index in [0.29, 0.717) is 30.8 Å². The first-order valence-corrected chi connectivity index (χ1v) is 6.71. The average molecular weight is 322 g/mol. The molecule has 1 aliphatic rings. The Balaban J connectivity index is 1.81. The number of oxazole rings is 1. The number of aromatic nitrogens is 1. The lowest BCUT2D eigenvalue weighted by Gasteiger charge is -2.25. The van der Waals surface area contributed by atoms with Crippen LogP contribution in [0.5, 0.6) is 0 Å². The first-order valence-electron chi connectivity index (χ1n) is 5.92. The molecule has 1 aliphatic heterocycles. The molecule has 5 nitrogen and oxygen atoms in total. The summed E-state index contributed by atoms with van der Waals surface area (Å²) in [6, 6.07) is 7.49. The number of carbonyl (C=O) groups is 1. The summed E-state index contributed by atoms with van der Waals surface area (Å²) < 4.78 is 6.26. The van der Waals surface area contributed by atoms with Gasteiger partial charge in [0.25, 0.3) is 11.9 Å². The van der Waals surface area contributed by atoms with E-state index in [-0.39, 0.29) is 11.9 Å². The van der Waals surface area contributed by atoms with Crippen LogP contribution in [0.4, 0.5) is 6.01 Å². The summed E-state index contributed by atoms with van der Waals surface area (Å²) in [5, 5.41) is 0. The summed E-state index contributed by atoms with van der Waals surface area (Å²) in [5.74, 6) is 0.683. The van der Waals surface area contributed by atoms with Crippen molar-refractivity contribution in [2.24, 2.45) is 0 Å². The van der Waals surface area contributed by atoms with Crippen molar-refractivity contribution in [3.8, 4) is 0 Å². The maximum atomic E-state index is 12.3. The Labute approximate surface area is 118 Å². The van der Waals surface area contributed by atoms with Gasteiger partial charge in [-0.3, -0.25) is 4.79 Å². The zero-order valence-corrected chi connectivity index (χ0v) is 11.7. The number of hydrogen-bond acceptors (Lipinski definition) is 4. The lowest BCUT2D eigenvalue weighted by Crippen LogP contribution is -2.35. The second-order valence-electron chi connectivity index (χ2n) is 4.41. The SMILES string of the molecule is Nc1nc2c(o1)CN(C(=O)c1ccc(Br)cc1)CC2. The first-order chi connectivity index (χ1) is 9.13. The number of benzene rings is 1. The van der Waals surface area contributed by atoms with Crippen LogP contribution in [-0.4, -0.2) is 22.3 Å². The number of nitrogen functional groups attached to an aromatic ring is 1. The molecule has 0 radical (unpaired) electrons. The number of nitrogens with two attached hydrogens (primary N) is 1. The van der Waals surface area contributed by atoms with Crippen molar-refractivity contribution in [1.29, 1.82) is 0 Å². The van der Waals surface area contributed by atoms with E-state index in [9.17, 15) is 4.79 Å². The highest BCUT2D eigenvalue weighted by molar-refractivity contribution is 9.10. The van der Waals surface area contributed by atoms with E-state index < -0.39 is 0 Å². The van der Waals surface area contributed by atoms with Crippen LogP contribution >= 0.6 is 15.9 Å². The van der Waals surface area contributed by atoms with Crippen LogP contribution in [0, 0.1) is 0 Å². The molecule has 2 N–H and O–H groups in total. The number of nitrogens with zero attached hydrogens (tertiary/aromatic N) is 2. The van der Waals surface area contributed by atoms with E-state index in [1.165, 1.54) is 0 Å².